The van der Waals surface area contributed by atoms with Gasteiger partial charge in [-0.25, -0.2) is 4.39 Å². The average molecular weight is 376 g/mol. The lowest BCUT2D eigenvalue weighted by Crippen LogP contribution is -1.96. The summed E-state index contributed by atoms with van der Waals surface area (Å²) in [6.45, 7) is 4.35. The summed E-state index contributed by atoms with van der Waals surface area (Å²) in [5, 5.41) is 9.80. The van der Waals surface area contributed by atoms with Gasteiger partial charge in [-0.15, -0.1) is 10.2 Å². The number of aromatic nitrogens is 3. The Bertz CT molecular complexity index is 875. The molecule has 0 aliphatic heterocycles. The Kier molecular flexibility index (Phi) is 5.45. The fraction of sp³-hybridized carbons (Fsp3) is 0.263. The van der Waals surface area contributed by atoms with Crippen LogP contribution in [0, 0.1) is 5.82 Å². The van der Waals surface area contributed by atoms with E-state index in [9.17, 15) is 4.39 Å². The monoisotopic (exact) mass is 375 g/mol. The molecule has 1 heterocycles. The maximum absolute atomic E-state index is 13.1. The third-order valence-corrected chi connectivity index (χ3v) is 5.46. The molecule has 0 radical (unpaired) electrons. The van der Waals surface area contributed by atoms with E-state index in [1.54, 1.807) is 6.07 Å². The Hall–Kier alpha value is -1.85. The highest BCUT2D eigenvalue weighted by Gasteiger charge is 2.12. The van der Waals surface area contributed by atoms with Crippen molar-refractivity contribution in [3.8, 4) is 11.4 Å². The van der Waals surface area contributed by atoms with Gasteiger partial charge in [0.25, 0.3) is 0 Å². The van der Waals surface area contributed by atoms with Gasteiger partial charge >= 0.3 is 0 Å². The summed E-state index contributed by atoms with van der Waals surface area (Å²) in [6.07, 6.45) is 0. The van der Waals surface area contributed by atoms with Gasteiger partial charge in [0, 0.05) is 23.4 Å². The Balaban J connectivity index is 1.76. The van der Waals surface area contributed by atoms with Crippen LogP contribution in [0.15, 0.2) is 47.6 Å². The van der Waals surface area contributed by atoms with Gasteiger partial charge in [-0.3, -0.25) is 0 Å². The van der Waals surface area contributed by atoms with Gasteiger partial charge in [0.15, 0.2) is 11.0 Å². The summed E-state index contributed by atoms with van der Waals surface area (Å²) in [5.41, 5.74) is 3.21. The molecule has 0 saturated carbocycles. The van der Waals surface area contributed by atoms with Crippen molar-refractivity contribution in [2.24, 2.45) is 7.05 Å². The number of halogens is 2. The molecule has 0 saturated heterocycles. The van der Waals surface area contributed by atoms with Crippen molar-refractivity contribution >= 4 is 23.4 Å². The lowest BCUT2D eigenvalue weighted by Gasteiger charge is -2.07. The SMILES string of the molecule is CC(C)c1ccc(-c2nnc(SCc3ccc(F)cc3Cl)n2C)cc1. The fourth-order valence-corrected chi connectivity index (χ4v) is 3.72. The van der Waals surface area contributed by atoms with Gasteiger partial charge in [-0.2, -0.15) is 0 Å². The van der Waals surface area contributed by atoms with Crippen molar-refractivity contribution in [1.82, 2.24) is 14.8 Å². The molecule has 0 atom stereocenters. The van der Waals surface area contributed by atoms with E-state index in [2.05, 4.69) is 48.3 Å². The maximum atomic E-state index is 13.1. The highest BCUT2D eigenvalue weighted by Crippen LogP contribution is 2.28. The minimum atomic E-state index is -0.329. The van der Waals surface area contributed by atoms with Gasteiger partial charge < -0.3 is 4.57 Å². The first kappa shape index (κ1) is 18.0. The fourth-order valence-electron chi connectivity index (χ4n) is 2.49. The van der Waals surface area contributed by atoms with E-state index in [-0.39, 0.29) is 5.82 Å². The molecule has 0 aliphatic rings. The van der Waals surface area contributed by atoms with Crippen molar-refractivity contribution in [3.05, 3.63) is 64.4 Å². The normalized spacial score (nSPS) is 11.3. The largest absolute Gasteiger partial charge is 0.305 e. The summed E-state index contributed by atoms with van der Waals surface area (Å²) in [5.74, 6) is 1.60. The molecule has 1 aromatic heterocycles. The summed E-state index contributed by atoms with van der Waals surface area (Å²) in [6, 6.07) is 12.8. The smallest absolute Gasteiger partial charge is 0.191 e. The number of thioether (sulfide) groups is 1. The molecule has 2 aromatic carbocycles. The van der Waals surface area contributed by atoms with Gasteiger partial charge in [-0.1, -0.05) is 67.5 Å². The first-order chi connectivity index (χ1) is 12.0. The Labute approximate surface area is 156 Å². The topological polar surface area (TPSA) is 30.7 Å². The number of hydrogen-bond donors (Lipinski definition) is 0. The van der Waals surface area contributed by atoms with Gasteiger partial charge in [0.05, 0.1) is 0 Å². The van der Waals surface area contributed by atoms with Crippen LogP contribution in [-0.4, -0.2) is 14.8 Å². The van der Waals surface area contributed by atoms with E-state index in [1.165, 1.54) is 29.5 Å². The zero-order valence-corrected chi connectivity index (χ0v) is 15.9. The second kappa shape index (κ2) is 7.58. The van der Waals surface area contributed by atoms with E-state index in [1.807, 2.05) is 11.6 Å². The number of nitrogens with zero attached hydrogens (tertiary/aromatic N) is 3. The van der Waals surface area contributed by atoms with Crippen LogP contribution in [0.25, 0.3) is 11.4 Å². The molecule has 6 heteroatoms. The molecule has 3 nitrogen and oxygen atoms in total. The first-order valence-corrected chi connectivity index (χ1v) is 9.38. The van der Waals surface area contributed by atoms with E-state index in [0.717, 1.165) is 22.1 Å². The van der Waals surface area contributed by atoms with Crippen molar-refractivity contribution < 1.29 is 4.39 Å². The number of rotatable bonds is 5. The van der Waals surface area contributed by atoms with Gasteiger partial charge in [0.1, 0.15) is 5.82 Å². The molecule has 25 heavy (non-hydrogen) atoms. The summed E-state index contributed by atoms with van der Waals surface area (Å²) in [7, 11) is 1.94. The third-order valence-electron chi connectivity index (χ3n) is 4.04. The molecule has 0 unspecified atom stereocenters. The molecule has 3 aromatic rings. The molecule has 0 spiro atoms. The van der Waals surface area contributed by atoms with Gasteiger partial charge in [-0.05, 0) is 29.2 Å². The van der Waals surface area contributed by atoms with Crippen LogP contribution in [0.2, 0.25) is 5.02 Å². The van der Waals surface area contributed by atoms with E-state index in [0.29, 0.717) is 16.7 Å². The zero-order chi connectivity index (χ0) is 18.0. The zero-order valence-electron chi connectivity index (χ0n) is 14.3. The molecule has 0 aliphatic carbocycles. The molecule has 0 N–H and O–H groups in total. The van der Waals surface area contributed by atoms with E-state index in [4.69, 9.17) is 11.6 Å². The number of hydrogen-bond acceptors (Lipinski definition) is 3. The predicted octanol–water partition coefficient (Wildman–Crippen LogP) is 5.69. The lowest BCUT2D eigenvalue weighted by molar-refractivity contribution is 0.627. The minimum Gasteiger partial charge on any atom is -0.305 e. The average Bonchev–Trinajstić information content (AvgIpc) is 2.95. The van der Waals surface area contributed by atoms with Crippen LogP contribution in [0.5, 0.6) is 0 Å². The predicted molar refractivity (Wildman–Crippen MR) is 101 cm³/mol. The highest BCUT2D eigenvalue weighted by molar-refractivity contribution is 7.98. The summed E-state index contributed by atoms with van der Waals surface area (Å²) in [4.78, 5) is 0. The Morgan fingerprint density at radius 1 is 1.12 bits per heavy atom. The first-order valence-electron chi connectivity index (χ1n) is 8.02. The quantitative estimate of drug-likeness (QED) is 0.536. The Morgan fingerprint density at radius 3 is 2.48 bits per heavy atom. The van der Waals surface area contributed by atoms with Crippen LogP contribution in [0.3, 0.4) is 0 Å². The standard InChI is InChI=1S/C19H19ClFN3S/c1-12(2)13-4-6-14(7-5-13)18-22-23-19(24(18)3)25-11-15-8-9-16(21)10-17(15)20/h4-10,12H,11H2,1-3H3. The van der Waals surface area contributed by atoms with Crippen LogP contribution in [0.1, 0.15) is 30.9 Å². The number of benzene rings is 2. The van der Waals surface area contributed by atoms with E-state index < -0.39 is 0 Å². The van der Waals surface area contributed by atoms with E-state index >= 15 is 0 Å². The third kappa shape index (κ3) is 4.05. The second-order valence-electron chi connectivity index (χ2n) is 6.17. The van der Waals surface area contributed by atoms with Crippen LogP contribution in [-0.2, 0) is 12.8 Å². The summed E-state index contributed by atoms with van der Waals surface area (Å²) >= 11 is 7.61. The lowest BCUT2D eigenvalue weighted by atomic mass is 10.0. The second-order valence-corrected chi connectivity index (χ2v) is 7.52. The molecule has 0 fully saturated rings. The highest BCUT2D eigenvalue weighted by atomic mass is 35.5. The van der Waals surface area contributed by atoms with Crippen molar-refractivity contribution in [1.29, 1.82) is 0 Å². The van der Waals surface area contributed by atoms with Crippen LogP contribution >= 0.6 is 23.4 Å². The molecular formula is C19H19ClFN3S. The summed E-state index contributed by atoms with van der Waals surface area (Å²) < 4.78 is 15.1. The molecular weight excluding hydrogens is 357 g/mol. The minimum absolute atomic E-state index is 0.329. The maximum Gasteiger partial charge on any atom is 0.191 e. The molecule has 0 amide bonds. The van der Waals surface area contributed by atoms with Crippen molar-refractivity contribution in [2.75, 3.05) is 0 Å². The van der Waals surface area contributed by atoms with Crippen molar-refractivity contribution in [2.45, 2.75) is 30.7 Å². The van der Waals surface area contributed by atoms with Crippen LogP contribution < -0.4 is 0 Å². The van der Waals surface area contributed by atoms with Crippen LogP contribution in [0.4, 0.5) is 4.39 Å². The molecule has 130 valence electrons. The van der Waals surface area contributed by atoms with Crippen molar-refractivity contribution in [3.63, 3.8) is 0 Å². The molecule has 3 rings (SSSR count). The molecule has 0 bridgehead atoms. The Morgan fingerprint density at radius 2 is 1.84 bits per heavy atom. The van der Waals surface area contributed by atoms with Gasteiger partial charge in [0.2, 0.25) is 0 Å².